The van der Waals surface area contributed by atoms with Crippen LogP contribution in [0.2, 0.25) is 0 Å². The Bertz CT molecular complexity index is 978. The Labute approximate surface area is 173 Å². The minimum absolute atomic E-state index is 0.638. The van der Waals surface area contributed by atoms with Crippen LogP contribution in [0.4, 0.5) is 5.69 Å². The van der Waals surface area contributed by atoms with Crippen LogP contribution in [0.5, 0.6) is 0 Å². The molecule has 2 aromatic rings. The number of anilines is 1. The van der Waals surface area contributed by atoms with Gasteiger partial charge in [-0.2, -0.15) is 5.10 Å². The molecule has 29 heavy (non-hydrogen) atoms. The van der Waals surface area contributed by atoms with Gasteiger partial charge in [0.2, 0.25) is 0 Å². The molecule has 2 aromatic carbocycles. The zero-order chi connectivity index (χ0) is 20.5. The molecular weight excluding hydrogens is 354 g/mol. The topological polar surface area (TPSA) is 41.6 Å². The lowest BCUT2D eigenvalue weighted by molar-refractivity contribution is 1.03. The van der Waals surface area contributed by atoms with Crippen molar-refractivity contribution in [2.45, 2.75) is 12.8 Å². The van der Waals surface area contributed by atoms with Crippen molar-refractivity contribution in [3.05, 3.63) is 114 Å². The second-order valence-electron chi connectivity index (χ2n) is 6.79. The molecule has 0 fully saturated rings. The number of amidine groups is 1. The molecule has 2 N–H and O–H groups in total. The van der Waals surface area contributed by atoms with Crippen molar-refractivity contribution >= 4 is 23.7 Å². The number of benzene rings is 2. The number of hydrogen-bond donors (Lipinski definition) is 1. The molecule has 0 spiro atoms. The van der Waals surface area contributed by atoms with Crippen LogP contribution in [0.1, 0.15) is 23.1 Å². The third kappa shape index (κ3) is 5.02. The van der Waals surface area contributed by atoms with Gasteiger partial charge in [-0.3, -0.25) is 0 Å². The van der Waals surface area contributed by atoms with Gasteiger partial charge < -0.3 is 10.7 Å². The van der Waals surface area contributed by atoms with Crippen LogP contribution < -0.4 is 10.7 Å². The number of nitrogens with zero attached hydrogens (tertiary/aromatic N) is 2. The summed E-state index contributed by atoms with van der Waals surface area (Å²) in [5.74, 6) is 6.70. The van der Waals surface area contributed by atoms with Gasteiger partial charge in [0, 0.05) is 18.5 Å². The Morgan fingerprint density at radius 2 is 1.86 bits per heavy atom. The van der Waals surface area contributed by atoms with Crippen molar-refractivity contribution in [3.63, 3.8) is 0 Å². The van der Waals surface area contributed by atoms with E-state index in [0.29, 0.717) is 13.0 Å². The van der Waals surface area contributed by atoms with Crippen molar-refractivity contribution in [3.8, 4) is 0 Å². The van der Waals surface area contributed by atoms with E-state index < -0.39 is 0 Å². The van der Waals surface area contributed by atoms with Crippen molar-refractivity contribution in [1.82, 2.24) is 0 Å². The molecule has 0 aliphatic heterocycles. The number of allylic oxidation sites excluding steroid dienone is 4. The van der Waals surface area contributed by atoms with Gasteiger partial charge in [-0.15, -0.1) is 0 Å². The first-order valence-corrected chi connectivity index (χ1v) is 9.75. The van der Waals surface area contributed by atoms with E-state index >= 15 is 0 Å². The van der Waals surface area contributed by atoms with Crippen LogP contribution in [0.3, 0.4) is 0 Å². The summed E-state index contributed by atoms with van der Waals surface area (Å²) in [6.07, 6.45) is 16.0. The second-order valence-corrected chi connectivity index (χ2v) is 6.79. The number of hydrogen-bond acceptors (Lipinski definition) is 2. The van der Waals surface area contributed by atoms with Crippen molar-refractivity contribution < 1.29 is 0 Å². The van der Waals surface area contributed by atoms with Crippen molar-refractivity contribution in [2.24, 2.45) is 10.9 Å². The lowest BCUT2D eigenvalue weighted by Crippen LogP contribution is -2.35. The summed E-state index contributed by atoms with van der Waals surface area (Å²) in [5.41, 5.74) is 5.41. The molecule has 0 atom stereocenters. The molecule has 1 aliphatic carbocycles. The lowest BCUT2D eigenvalue weighted by atomic mass is 10.0. The van der Waals surface area contributed by atoms with E-state index in [0.717, 1.165) is 34.6 Å². The van der Waals surface area contributed by atoms with Crippen LogP contribution in [0.15, 0.2) is 103 Å². The fraction of sp³-hybridized carbons (Fsp3) is 0.115. The van der Waals surface area contributed by atoms with E-state index in [1.165, 1.54) is 5.57 Å². The zero-order valence-corrected chi connectivity index (χ0v) is 16.7. The Morgan fingerprint density at radius 3 is 2.59 bits per heavy atom. The summed E-state index contributed by atoms with van der Waals surface area (Å²) in [6, 6.07) is 16.4. The normalized spacial score (nSPS) is 13.5. The highest BCUT2D eigenvalue weighted by molar-refractivity contribution is 6.01. The highest BCUT2D eigenvalue weighted by Crippen LogP contribution is 2.28. The molecule has 3 nitrogen and oxygen atoms in total. The molecule has 0 unspecified atom stereocenters. The van der Waals surface area contributed by atoms with E-state index in [1.807, 2.05) is 42.5 Å². The van der Waals surface area contributed by atoms with Crippen molar-refractivity contribution in [1.29, 1.82) is 0 Å². The number of hydrazone groups is 1. The lowest BCUT2D eigenvalue weighted by Gasteiger charge is -2.29. The first-order chi connectivity index (χ1) is 14.3. The third-order valence-electron chi connectivity index (χ3n) is 4.89. The molecular formula is C26H27N3. The molecule has 3 heteroatoms. The van der Waals surface area contributed by atoms with Crippen LogP contribution >= 0.6 is 0 Å². The molecule has 3 rings (SSSR count). The van der Waals surface area contributed by atoms with E-state index in [2.05, 4.69) is 71.7 Å². The maximum atomic E-state index is 5.91. The third-order valence-corrected chi connectivity index (χ3v) is 4.89. The molecule has 0 bridgehead atoms. The predicted molar refractivity (Wildman–Crippen MR) is 127 cm³/mol. The summed E-state index contributed by atoms with van der Waals surface area (Å²) in [4.78, 5) is 2.17. The van der Waals surface area contributed by atoms with E-state index in [4.69, 9.17) is 5.84 Å². The Morgan fingerprint density at radius 1 is 1.03 bits per heavy atom. The van der Waals surface area contributed by atoms with Crippen LogP contribution in [0, 0.1) is 0 Å². The predicted octanol–water partition coefficient (Wildman–Crippen LogP) is 5.74. The first-order valence-electron chi connectivity index (χ1n) is 9.75. The Kier molecular flexibility index (Phi) is 7.01. The maximum absolute atomic E-state index is 5.91. The fourth-order valence-corrected chi connectivity index (χ4v) is 3.42. The fourth-order valence-electron chi connectivity index (χ4n) is 3.42. The van der Waals surface area contributed by atoms with Gasteiger partial charge in [-0.1, -0.05) is 98.2 Å². The van der Waals surface area contributed by atoms with Crippen LogP contribution in [-0.2, 0) is 6.42 Å². The minimum atomic E-state index is 0.638. The van der Waals surface area contributed by atoms with E-state index in [9.17, 15) is 0 Å². The average Bonchev–Trinajstić information content (AvgIpc) is 3.05. The maximum Gasteiger partial charge on any atom is 0.133 e. The van der Waals surface area contributed by atoms with Gasteiger partial charge in [0.1, 0.15) is 5.84 Å². The van der Waals surface area contributed by atoms with Gasteiger partial charge in [-0.05, 0) is 29.2 Å². The highest BCUT2D eigenvalue weighted by Gasteiger charge is 2.19. The smallest absolute Gasteiger partial charge is 0.133 e. The standard InChI is InChI=1S/C26H27N3/c1-3-23-17-12-18-25(24(23)4-2)29(20-22-15-8-5-6-9-16-22)26(28-27)19-21-13-10-7-11-14-21/h3-5,7-18H,1-2,6,19-20,27H2/b28-26-. The molecule has 0 heterocycles. The van der Waals surface area contributed by atoms with Gasteiger partial charge in [0.15, 0.2) is 0 Å². The molecule has 0 saturated heterocycles. The zero-order valence-electron chi connectivity index (χ0n) is 16.7. The highest BCUT2D eigenvalue weighted by atomic mass is 15.3. The van der Waals surface area contributed by atoms with Gasteiger partial charge in [-0.25, -0.2) is 0 Å². The van der Waals surface area contributed by atoms with Gasteiger partial charge >= 0.3 is 0 Å². The summed E-state index contributed by atoms with van der Waals surface area (Å²) in [6.45, 7) is 8.63. The Hall–Kier alpha value is -3.59. The summed E-state index contributed by atoms with van der Waals surface area (Å²) in [7, 11) is 0. The van der Waals surface area contributed by atoms with Crippen LogP contribution in [-0.4, -0.2) is 12.4 Å². The largest absolute Gasteiger partial charge is 0.323 e. The summed E-state index contributed by atoms with van der Waals surface area (Å²) < 4.78 is 0. The first kappa shape index (κ1) is 20.2. The summed E-state index contributed by atoms with van der Waals surface area (Å²) >= 11 is 0. The average molecular weight is 382 g/mol. The molecule has 0 aromatic heterocycles. The monoisotopic (exact) mass is 381 g/mol. The molecule has 0 radical (unpaired) electrons. The number of rotatable bonds is 7. The Balaban J connectivity index is 2.06. The van der Waals surface area contributed by atoms with E-state index in [1.54, 1.807) is 0 Å². The van der Waals surface area contributed by atoms with Gasteiger partial charge in [0.05, 0.1) is 5.69 Å². The summed E-state index contributed by atoms with van der Waals surface area (Å²) in [5, 5.41) is 4.19. The molecule has 146 valence electrons. The van der Waals surface area contributed by atoms with Crippen molar-refractivity contribution in [2.75, 3.05) is 11.4 Å². The SMILES string of the molecule is C=Cc1cccc(N(CC2=CC=CCC=C2)/C(Cc2ccccc2)=N\N)c1C=C. The molecule has 0 saturated carbocycles. The van der Waals surface area contributed by atoms with Gasteiger partial charge in [0.25, 0.3) is 0 Å². The quantitative estimate of drug-likeness (QED) is 0.288. The molecule has 0 amide bonds. The van der Waals surface area contributed by atoms with Crippen LogP contribution in [0.25, 0.3) is 12.2 Å². The minimum Gasteiger partial charge on any atom is -0.323 e. The second kappa shape index (κ2) is 10.1. The molecule has 1 aliphatic rings. The number of nitrogens with two attached hydrogens (primary N) is 1. The van der Waals surface area contributed by atoms with E-state index in [-0.39, 0.29) is 0 Å².